The highest BCUT2D eigenvalue weighted by atomic mass is 16.8. The fraction of sp³-hybridized carbons (Fsp3) is 0.636. The highest BCUT2D eigenvalue weighted by molar-refractivity contribution is 5.89. The summed E-state index contributed by atoms with van der Waals surface area (Å²) < 4.78 is 11.2. The van der Waals surface area contributed by atoms with Crippen LogP contribution in [0.3, 0.4) is 0 Å². The number of aliphatic carboxylic acids is 1. The summed E-state index contributed by atoms with van der Waals surface area (Å²) in [4.78, 5) is 29.1. The summed E-state index contributed by atoms with van der Waals surface area (Å²) in [6.07, 6.45) is 3.06. The molecular formula is C22H30N2O5. The Balaban J connectivity index is 1.55. The van der Waals surface area contributed by atoms with Crippen LogP contribution in [0.15, 0.2) is 24.3 Å². The zero-order valence-corrected chi connectivity index (χ0v) is 17.2. The Morgan fingerprint density at radius 1 is 1.03 bits per heavy atom. The van der Waals surface area contributed by atoms with Crippen molar-refractivity contribution in [2.45, 2.75) is 70.0 Å². The first-order chi connectivity index (χ1) is 13.9. The topological polar surface area (TPSA) is 79.3 Å². The maximum Gasteiger partial charge on any atom is 0.336 e. The number of hydrogen-bond acceptors (Lipinski definition) is 5. The second kappa shape index (κ2) is 7.95. The summed E-state index contributed by atoms with van der Waals surface area (Å²) in [5.74, 6) is -2.56. The molecule has 0 aromatic heterocycles. The first-order valence-electron chi connectivity index (χ1n) is 10.6. The molecule has 0 radical (unpaired) electrons. The number of carboxylic acids is 1. The summed E-state index contributed by atoms with van der Waals surface area (Å²) in [5.41, 5.74) is 2.30. The molecule has 29 heavy (non-hydrogen) atoms. The fourth-order valence-corrected chi connectivity index (χ4v) is 4.74. The number of rotatable bonds is 4. The average molecular weight is 402 g/mol. The third-order valence-corrected chi connectivity index (χ3v) is 6.10. The third kappa shape index (κ3) is 4.12. The summed E-state index contributed by atoms with van der Waals surface area (Å²) >= 11 is 0. The van der Waals surface area contributed by atoms with Crippen molar-refractivity contribution in [2.24, 2.45) is 0 Å². The number of piperidine rings is 1. The monoisotopic (exact) mass is 402 g/mol. The number of carboxylic acid groups (broad SMARTS) is 1. The molecule has 3 atom stereocenters. The lowest BCUT2D eigenvalue weighted by Gasteiger charge is -2.31. The number of anilines is 1. The van der Waals surface area contributed by atoms with Crippen molar-refractivity contribution in [3.8, 4) is 0 Å². The first kappa shape index (κ1) is 20.2. The van der Waals surface area contributed by atoms with Gasteiger partial charge in [-0.05, 0) is 63.6 Å². The molecule has 0 bridgehead atoms. The summed E-state index contributed by atoms with van der Waals surface area (Å²) in [5, 5.41) is 9.49. The predicted octanol–water partition coefficient (Wildman–Crippen LogP) is 2.95. The van der Waals surface area contributed by atoms with Crippen LogP contribution in [0.5, 0.6) is 0 Å². The van der Waals surface area contributed by atoms with Gasteiger partial charge in [-0.2, -0.15) is 0 Å². The van der Waals surface area contributed by atoms with E-state index in [0.29, 0.717) is 6.54 Å². The average Bonchev–Trinajstić information content (AvgIpc) is 3.32. The van der Waals surface area contributed by atoms with Crippen molar-refractivity contribution < 1.29 is 24.2 Å². The normalized spacial score (nSPS) is 29.2. The van der Waals surface area contributed by atoms with Gasteiger partial charge in [-0.15, -0.1) is 0 Å². The minimum atomic E-state index is -1.28. The van der Waals surface area contributed by atoms with Gasteiger partial charge in [0.05, 0.1) is 6.04 Å². The van der Waals surface area contributed by atoms with Gasteiger partial charge in [-0.3, -0.25) is 4.79 Å². The van der Waals surface area contributed by atoms with Gasteiger partial charge in [0.2, 0.25) is 0 Å². The molecule has 4 rings (SSSR count). The number of likely N-dealkylation sites (tertiary alicyclic amines) is 1. The SMILES string of the molecule is CC1(C)O[C@@H](C(=O)O)[C@H](C(=O)N2CCCC2c2cccc(N3CCCCC3)c2)O1. The Morgan fingerprint density at radius 2 is 1.76 bits per heavy atom. The van der Waals surface area contributed by atoms with E-state index in [9.17, 15) is 14.7 Å². The largest absolute Gasteiger partial charge is 0.479 e. The molecule has 0 aliphatic carbocycles. The van der Waals surface area contributed by atoms with Crippen molar-refractivity contribution in [2.75, 3.05) is 24.5 Å². The van der Waals surface area contributed by atoms with E-state index >= 15 is 0 Å². The van der Waals surface area contributed by atoms with Gasteiger partial charge in [0, 0.05) is 25.3 Å². The van der Waals surface area contributed by atoms with Crippen LogP contribution >= 0.6 is 0 Å². The van der Waals surface area contributed by atoms with Crippen LogP contribution in [0, 0.1) is 0 Å². The highest BCUT2D eigenvalue weighted by Crippen LogP contribution is 2.37. The number of nitrogens with zero attached hydrogens (tertiary/aromatic N) is 2. The van der Waals surface area contributed by atoms with Crippen molar-refractivity contribution >= 4 is 17.6 Å². The standard InChI is InChI=1S/C22H30N2O5/c1-22(2)28-18(19(29-22)21(26)27)20(25)24-13-7-10-17(24)15-8-6-9-16(14-15)23-11-4-3-5-12-23/h6,8-9,14,17-19H,3-5,7,10-13H2,1-2H3,(H,26,27)/t17?,18-,19-/m1/s1. The molecule has 7 heteroatoms. The molecule has 3 heterocycles. The van der Waals surface area contributed by atoms with Crippen LogP contribution in [0.1, 0.15) is 57.6 Å². The molecular weight excluding hydrogens is 372 g/mol. The zero-order valence-electron chi connectivity index (χ0n) is 17.2. The number of ether oxygens (including phenoxy) is 2. The number of carbonyl (C=O) groups excluding carboxylic acids is 1. The molecule has 3 aliphatic rings. The van der Waals surface area contributed by atoms with Gasteiger partial charge in [0.25, 0.3) is 5.91 Å². The summed E-state index contributed by atoms with van der Waals surface area (Å²) in [6.45, 7) is 6.02. The lowest BCUT2D eigenvalue weighted by Crippen LogP contribution is -2.46. The molecule has 1 amide bonds. The highest BCUT2D eigenvalue weighted by Gasteiger charge is 2.51. The van der Waals surface area contributed by atoms with Crippen LogP contribution in [-0.4, -0.2) is 59.5 Å². The quantitative estimate of drug-likeness (QED) is 0.834. The molecule has 1 N–H and O–H groups in total. The van der Waals surface area contributed by atoms with Gasteiger partial charge >= 0.3 is 5.97 Å². The molecule has 1 aromatic carbocycles. The molecule has 7 nitrogen and oxygen atoms in total. The summed E-state index contributed by atoms with van der Waals surface area (Å²) in [6, 6.07) is 8.38. The second-order valence-electron chi connectivity index (χ2n) is 8.65. The zero-order chi connectivity index (χ0) is 20.6. The van der Waals surface area contributed by atoms with Gasteiger partial charge in [-0.25, -0.2) is 4.79 Å². The smallest absolute Gasteiger partial charge is 0.336 e. The van der Waals surface area contributed by atoms with Crippen molar-refractivity contribution in [1.29, 1.82) is 0 Å². The Hall–Kier alpha value is -2.12. The molecule has 0 saturated carbocycles. The van der Waals surface area contributed by atoms with E-state index in [4.69, 9.17) is 9.47 Å². The van der Waals surface area contributed by atoms with Crippen LogP contribution in [0.2, 0.25) is 0 Å². The van der Waals surface area contributed by atoms with Crippen molar-refractivity contribution in [3.05, 3.63) is 29.8 Å². The fourth-order valence-electron chi connectivity index (χ4n) is 4.74. The van der Waals surface area contributed by atoms with E-state index in [1.165, 1.54) is 24.9 Å². The van der Waals surface area contributed by atoms with E-state index in [2.05, 4.69) is 29.2 Å². The Kier molecular flexibility index (Phi) is 5.53. The van der Waals surface area contributed by atoms with Gasteiger partial charge in [-0.1, -0.05) is 12.1 Å². The Labute approximate surface area is 171 Å². The Morgan fingerprint density at radius 3 is 2.48 bits per heavy atom. The molecule has 3 aliphatic heterocycles. The van der Waals surface area contributed by atoms with E-state index in [1.54, 1.807) is 18.7 Å². The summed E-state index contributed by atoms with van der Waals surface area (Å²) in [7, 11) is 0. The number of benzene rings is 1. The number of hydrogen-bond donors (Lipinski definition) is 1. The molecule has 3 saturated heterocycles. The molecule has 0 spiro atoms. The minimum absolute atomic E-state index is 0.0611. The van der Waals surface area contributed by atoms with Crippen LogP contribution in [-0.2, 0) is 19.1 Å². The van der Waals surface area contributed by atoms with E-state index < -0.39 is 24.0 Å². The maximum absolute atomic E-state index is 13.3. The third-order valence-electron chi connectivity index (χ3n) is 6.10. The second-order valence-corrected chi connectivity index (χ2v) is 8.65. The van der Waals surface area contributed by atoms with Crippen LogP contribution < -0.4 is 4.90 Å². The van der Waals surface area contributed by atoms with E-state index in [0.717, 1.165) is 31.5 Å². The molecule has 1 unspecified atom stereocenters. The predicted molar refractivity (Wildman–Crippen MR) is 108 cm³/mol. The number of carbonyl (C=O) groups is 2. The maximum atomic E-state index is 13.3. The molecule has 3 fully saturated rings. The van der Waals surface area contributed by atoms with Crippen molar-refractivity contribution in [3.63, 3.8) is 0 Å². The van der Waals surface area contributed by atoms with Crippen molar-refractivity contribution in [1.82, 2.24) is 4.90 Å². The lowest BCUT2D eigenvalue weighted by atomic mass is 10.0. The molecule has 1 aromatic rings. The minimum Gasteiger partial charge on any atom is -0.479 e. The lowest BCUT2D eigenvalue weighted by molar-refractivity contribution is -0.167. The van der Waals surface area contributed by atoms with Gasteiger partial charge in [0.15, 0.2) is 18.0 Å². The number of amides is 1. The van der Waals surface area contributed by atoms with Gasteiger partial charge < -0.3 is 24.4 Å². The van der Waals surface area contributed by atoms with Crippen LogP contribution in [0.25, 0.3) is 0 Å². The van der Waals surface area contributed by atoms with E-state index in [-0.39, 0.29) is 11.9 Å². The molecule has 158 valence electrons. The van der Waals surface area contributed by atoms with Crippen LogP contribution in [0.4, 0.5) is 5.69 Å². The van der Waals surface area contributed by atoms with E-state index in [1.807, 2.05) is 0 Å². The Bertz CT molecular complexity index is 774. The first-order valence-corrected chi connectivity index (χ1v) is 10.6. The van der Waals surface area contributed by atoms with Gasteiger partial charge in [0.1, 0.15) is 0 Å².